The average molecular weight is 537 g/mol. The van der Waals surface area contributed by atoms with Crippen molar-refractivity contribution in [2.24, 2.45) is 0 Å². The standard InChI is InChI=1S/C29H26ClFN2O5/c1-37-23-16-24(38-2)21(30)15-20(23)27(34)25-26(19-7-3-4-8-22(19)31)33(29(36)28(25)35)18-11-9-17(10-12-18)32-13-5-6-14-32/h3-4,7-12,15-16,26,34H,5-6,13-14H2,1-2H3/b27-25+. The normalized spacial score (nSPS) is 18.8. The van der Waals surface area contributed by atoms with Crippen LogP contribution < -0.4 is 19.3 Å². The summed E-state index contributed by atoms with van der Waals surface area (Å²) in [5.74, 6) is -2.53. The first-order valence-electron chi connectivity index (χ1n) is 12.2. The van der Waals surface area contributed by atoms with Crippen molar-refractivity contribution in [3.8, 4) is 11.5 Å². The first kappa shape index (κ1) is 25.6. The van der Waals surface area contributed by atoms with E-state index in [1.165, 1.54) is 49.5 Å². The van der Waals surface area contributed by atoms with Gasteiger partial charge in [0.1, 0.15) is 23.1 Å². The molecule has 2 aliphatic heterocycles. The van der Waals surface area contributed by atoms with E-state index >= 15 is 4.39 Å². The van der Waals surface area contributed by atoms with Crippen molar-refractivity contribution in [3.05, 3.63) is 88.2 Å². The van der Waals surface area contributed by atoms with Gasteiger partial charge in [0.05, 0.1) is 36.4 Å². The number of amides is 1. The number of ether oxygens (including phenoxy) is 2. The molecule has 3 aromatic carbocycles. The van der Waals surface area contributed by atoms with Gasteiger partial charge in [-0.25, -0.2) is 4.39 Å². The second kappa shape index (κ2) is 10.4. The number of nitrogens with zero attached hydrogens (tertiary/aromatic N) is 2. The van der Waals surface area contributed by atoms with Crippen molar-refractivity contribution in [1.82, 2.24) is 0 Å². The zero-order valence-corrected chi connectivity index (χ0v) is 21.7. The van der Waals surface area contributed by atoms with Crippen LogP contribution in [0.2, 0.25) is 5.02 Å². The number of Topliss-reactive ketones (excluding diaryl/α,β-unsaturated/α-hetero) is 1. The topological polar surface area (TPSA) is 79.3 Å². The molecule has 0 saturated carbocycles. The summed E-state index contributed by atoms with van der Waals surface area (Å²) >= 11 is 6.31. The van der Waals surface area contributed by atoms with Gasteiger partial charge in [-0.3, -0.25) is 14.5 Å². The molecule has 9 heteroatoms. The van der Waals surface area contributed by atoms with Crippen molar-refractivity contribution in [2.75, 3.05) is 37.1 Å². The Kier molecular flexibility index (Phi) is 6.99. The third-order valence-electron chi connectivity index (χ3n) is 6.97. The molecule has 7 nitrogen and oxygen atoms in total. The number of aliphatic hydroxyl groups excluding tert-OH is 1. The summed E-state index contributed by atoms with van der Waals surface area (Å²) in [5.41, 5.74) is 1.27. The fraction of sp³-hybridized carbons (Fsp3) is 0.241. The van der Waals surface area contributed by atoms with Crippen LogP contribution in [0.15, 0.2) is 66.2 Å². The molecule has 196 valence electrons. The maximum Gasteiger partial charge on any atom is 0.300 e. The predicted octanol–water partition coefficient (Wildman–Crippen LogP) is 5.72. The zero-order chi connectivity index (χ0) is 27.0. The van der Waals surface area contributed by atoms with Gasteiger partial charge >= 0.3 is 0 Å². The highest BCUT2D eigenvalue weighted by atomic mass is 35.5. The van der Waals surface area contributed by atoms with E-state index in [1.807, 2.05) is 12.1 Å². The van der Waals surface area contributed by atoms with Gasteiger partial charge in [-0.15, -0.1) is 0 Å². The van der Waals surface area contributed by atoms with Crippen molar-refractivity contribution in [2.45, 2.75) is 18.9 Å². The smallest absolute Gasteiger partial charge is 0.300 e. The Morgan fingerprint density at radius 1 is 0.947 bits per heavy atom. The van der Waals surface area contributed by atoms with Crippen molar-refractivity contribution >= 4 is 40.4 Å². The number of halogens is 2. The molecule has 2 fully saturated rings. The Bertz CT molecular complexity index is 1430. The zero-order valence-electron chi connectivity index (χ0n) is 20.9. The minimum absolute atomic E-state index is 0.0652. The van der Waals surface area contributed by atoms with E-state index in [1.54, 1.807) is 18.2 Å². The quantitative estimate of drug-likeness (QED) is 0.246. The van der Waals surface area contributed by atoms with E-state index in [0.29, 0.717) is 11.4 Å². The molecule has 3 aromatic rings. The van der Waals surface area contributed by atoms with Crippen molar-refractivity contribution < 1.29 is 28.6 Å². The number of anilines is 2. The molecule has 0 bridgehead atoms. The second-order valence-electron chi connectivity index (χ2n) is 9.09. The summed E-state index contributed by atoms with van der Waals surface area (Å²) in [7, 11) is 2.81. The summed E-state index contributed by atoms with van der Waals surface area (Å²) < 4.78 is 25.8. The van der Waals surface area contributed by atoms with E-state index in [-0.39, 0.29) is 27.5 Å². The van der Waals surface area contributed by atoms with Crippen LogP contribution in [-0.2, 0) is 9.59 Å². The highest BCUT2D eigenvalue weighted by Crippen LogP contribution is 2.45. The molecule has 5 rings (SSSR count). The molecule has 1 unspecified atom stereocenters. The van der Waals surface area contributed by atoms with Crippen LogP contribution in [0.3, 0.4) is 0 Å². The third-order valence-corrected chi connectivity index (χ3v) is 7.27. The summed E-state index contributed by atoms with van der Waals surface area (Å²) in [6.45, 7) is 1.90. The number of rotatable bonds is 6. The molecule has 2 heterocycles. The highest BCUT2D eigenvalue weighted by Gasteiger charge is 2.48. The van der Waals surface area contributed by atoms with E-state index in [2.05, 4.69) is 4.90 Å². The van der Waals surface area contributed by atoms with Crippen LogP contribution in [-0.4, -0.2) is 44.1 Å². The molecule has 1 N–H and O–H groups in total. The van der Waals surface area contributed by atoms with Crippen molar-refractivity contribution in [3.63, 3.8) is 0 Å². The molecule has 2 saturated heterocycles. The SMILES string of the molecule is COc1cc(OC)c(/C(O)=C2\C(=O)C(=O)N(c3ccc(N4CCCC4)cc3)C2c2ccccc2F)cc1Cl. The Balaban J connectivity index is 1.68. The van der Waals surface area contributed by atoms with E-state index in [9.17, 15) is 14.7 Å². The number of ketones is 1. The maximum absolute atomic E-state index is 15.2. The lowest BCUT2D eigenvalue weighted by Gasteiger charge is -2.26. The maximum atomic E-state index is 15.2. The summed E-state index contributed by atoms with van der Waals surface area (Å²) in [5, 5.41) is 11.6. The molecular weight excluding hydrogens is 511 g/mol. The summed E-state index contributed by atoms with van der Waals surface area (Å²) in [6.07, 6.45) is 2.23. The number of aliphatic hydroxyl groups is 1. The van der Waals surface area contributed by atoms with Gasteiger partial charge in [0.25, 0.3) is 11.7 Å². The average Bonchev–Trinajstić information content (AvgIpc) is 3.56. The van der Waals surface area contributed by atoms with Gasteiger partial charge in [0, 0.05) is 36.1 Å². The fourth-order valence-corrected chi connectivity index (χ4v) is 5.32. The number of carbonyl (C=O) groups excluding carboxylic acids is 2. The summed E-state index contributed by atoms with van der Waals surface area (Å²) in [4.78, 5) is 30.3. The lowest BCUT2D eigenvalue weighted by Crippen LogP contribution is -2.30. The third kappa shape index (κ3) is 4.35. The number of hydrogen-bond donors (Lipinski definition) is 1. The number of benzene rings is 3. The van der Waals surface area contributed by atoms with Gasteiger partial charge in [-0.2, -0.15) is 0 Å². The van der Waals surface area contributed by atoms with Gasteiger partial charge in [0.15, 0.2) is 0 Å². The lowest BCUT2D eigenvalue weighted by atomic mass is 9.94. The number of methoxy groups -OCH3 is 2. The Hall–Kier alpha value is -4.04. The Labute approximate surface area is 224 Å². The molecule has 2 aliphatic rings. The first-order chi connectivity index (χ1) is 18.3. The Morgan fingerprint density at radius 2 is 1.58 bits per heavy atom. The minimum Gasteiger partial charge on any atom is -0.507 e. The van der Waals surface area contributed by atoms with Crippen LogP contribution in [0, 0.1) is 5.82 Å². The van der Waals surface area contributed by atoms with E-state index in [0.717, 1.165) is 31.6 Å². The molecule has 0 spiro atoms. The fourth-order valence-electron chi connectivity index (χ4n) is 5.08. The van der Waals surface area contributed by atoms with Crippen LogP contribution in [0.4, 0.5) is 15.8 Å². The minimum atomic E-state index is -1.22. The molecule has 0 radical (unpaired) electrons. The summed E-state index contributed by atoms with van der Waals surface area (Å²) in [6, 6.07) is 14.7. The number of carbonyl (C=O) groups is 2. The first-order valence-corrected chi connectivity index (χ1v) is 12.6. The second-order valence-corrected chi connectivity index (χ2v) is 9.50. The molecule has 0 aliphatic carbocycles. The van der Waals surface area contributed by atoms with Gasteiger partial charge < -0.3 is 19.5 Å². The number of hydrogen-bond acceptors (Lipinski definition) is 6. The van der Waals surface area contributed by atoms with Crippen LogP contribution in [0.25, 0.3) is 5.76 Å². The van der Waals surface area contributed by atoms with Gasteiger partial charge in [-0.05, 0) is 49.2 Å². The van der Waals surface area contributed by atoms with E-state index in [4.69, 9.17) is 21.1 Å². The monoisotopic (exact) mass is 536 g/mol. The van der Waals surface area contributed by atoms with Crippen LogP contribution >= 0.6 is 11.6 Å². The molecule has 0 aromatic heterocycles. The van der Waals surface area contributed by atoms with Crippen LogP contribution in [0.1, 0.15) is 30.0 Å². The molecule has 1 atom stereocenters. The van der Waals surface area contributed by atoms with E-state index < -0.39 is 29.3 Å². The molecule has 1 amide bonds. The van der Waals surface area contributed by atoms with Crippen molar-refractivity contribution in [1.29, 1.82) is 0 Å². The highest BCUT2D eigenvalue weighted by molar-refractivity contribution is 6.51. The molecule has 38 heavy (non-hydrogen) atoms. The Morgan fingerprint density at radius 3 is 2.21 bits per heavy atom. The largest absolute Gasteiger partial charge is 0.507 e. The predicted molar refractivity (Wildman–Crippen MR) is 144 cm³/mol. The van der Waals surface area contributed by atoms with Gasteiger partial charge in [0.2, 0.25) is 0 Å². The van der Waals surface area contributed by atoms with Crippen LogP contribution in [0.5, 0.6) is 11.5 Å². The molecular formula is C29H26ClFN2O5. The van der Waals surface area contributed by atoms with Gasteiger partial charge in [-0.1, -0.05) is 29.8 Å². The lowest BCUT2D eigenvalue weighted by molar-refractivity contribution is -0.132.